The highest BCUT2D eigenvalue weighted by Crippen LogP contribution is 2.32. The molecule has 3 aliphatic rings. The van der Waals surface area contributed by atoms with Crippen LogP contribution in [0.15, 0.2) is 18.2 Å². The lowest BCUT2D eigenvalue weighted by Gasteiger charge is -2.39. The number of aromatic carboxylic acids is 1. The Morgan fingerprint density at radius 3 is 2.63 bits per heavy atom. The molecule has 162 valence electrons. The van der Waals surface area contributed by atoms with E-state index in [1.54, 1.807) is 12.1 Å². The van der Waals surface area contributed by atoms with Crippen molar-refractivity contribution in [3.05, 3.63) is 29.3 Å². The molecule has 4 rings (SSSR count). The molecular weight excluding hydrogens is 385 g/mol. The van der Waals surface area contributed by atoms with Crippen molar-refractivity contribution in [1.29, 1.82) is 0 Å². The van der Waals surface area contributed by atoms with E-state index in [-0.39, 0.29) is 17.2 Å². The lowest BCUT2D eigenvalue weighted by Crippen LogP contribution is -2.53. The fourth-order valence-electron chi connectivity index (χ4n) is 5.01. The van der Waals surface area contributed by atoms with Gasteiger partial charge in [0.25, 0.3) is 0 Å². The minimum Gasteiger partial charge on any atom is -0.534 e. The van der Waals surface area contributed by atoms with Gasteiger partial charge in [-0.25, -0.2) is 4.79 Å². The predicted molar refractivity (Wildman–Crippen MR) is 112 cm³/mol. The molecule has 1 saturated carbocycles. The van der Waals surface area contributed by atoms with E-state index >= 15 is 0 Å². The van der Waals surface area contributed by atoms with Crippen LogP contribution in [-0.4, -0.2) is 72.2 Å². The van der Waals surface area contributed by atoms with E-state index in [9.17, 15) is 19.7 Å². The summed E-state index contributed by atoms with van der Waals surface area (Å²) in [5.41, 5.74) is 0.708. The number of amides is 1. The van der Waals surface area contributed by atoms with Crippen molar-refractivity contribution in [1.82, 2.24) is 15.5 Å². The number of hydrogen-bond acceptors (Lipinski definition) is 6. The summed E-state index contributed by atoms with van der Waals surface area (Å²) in [6.45, 7) is 4.34. The maximum atomic E-state index is 12.6. The molecule has 0 spiro atoms. The molecule has 1 atom stereocenters. The molecule has 0 bridgehead atoms. The lowest BCUT2D eigenvalue weighted by molar-refractivity contribution is -0.122. The van der Waals surface area contributed by atoms with Gasteiger partial charge in [0.2, 0.25) is 5.91 Å². The average molecular weight is 415 g/mol. The first-order valence-electron chi connectivity index (χ1n) is 11.0. The van der Waals surface area contributed by atoms with Crippen molar-refractivity contribution in [2.75, 3.05) is 26.2 Å². The Morgan fingerprint density at radius 1 is 1.20 bits per heavy atom. The topological polar surface area (TPSA) is 111 Å². The molecule has 9 heteroatoms. The van der Waals surface area contributed by atoms with Crippen LogP contribution in [0.2, 0.25) is 0 Å². The summed E-state index contributed by atoms with van der Waals surface area (Å²) < 4.78 is 5.46. The molecular formula is C21H30BN3O5. The van der Waals surface area contributed by atoms with Gasteiger partial charge in [-0.15, -0.1) is 0 Å². The number of nitrogens with one attached hydrogen (secondary N) is 2. The zero-order chi connectivity index (χ0) is 21.1. The van der Waals surface area contributed by atoms with E-state index in [1.807, 2.05) is 0 Å². The summed E-state index contributed by atoms with van der Waals surface area (Å²) in [7, 11) is -1.26. The number of para-hydroxylation sites is 1. The predicted octanol–water partition coefficient (Wildman–Crippen LogP) is 0.678. The van der Waals surface area contributed by atoms with Crippen LogP contribution in [0.25, 0.3) is 0 Å². The SMILES string of the molecule is O=C(C[C@H]1CC[C@H](N2CCNCC2)CC1)N[C@H]1Cc2cccc(C(=O)O)c2OB1O. The number of rotatable bonds is 5. The van der Waals surface area contributed by atoms with Crippen molar-refractivity contribution in [3.63, 3.8) is 0 Å². The highest BCUT2D eigenvalue weighted by atomic mass is 16.5. The Kier molecular flexibility index (Phi) is 6.60. The summed E-state index contributed by atoms with van der Waals surface area (Å²) in [4.78, 5) is 26.5. The number of nitrogens with zero attached hydrogens (tertiary/aromatic N) is 1. The van der Waals surface area contributed by atoms with Crippen LogP contribution in [0.4, 0.5) is 0 Å². The normalized spacial score (nSPS) is 27.1. The first-order chi connectivity index (χ1) is 14.5. The molecule has 4 N–H and O–H groups in total. The first kappa shape index (κ1) is 21.1. The van der Waals surface area contributed by atoms with E-state index in [4.69, 9.17) is 4.65 Å². The molecule has 2 heterocycles. The largest absolute Gasteiger partial charge is 0.547 e. The number of carbonyl (C=O) groups is 2. The monoisotopic (exact) mass is 415 g/mol. The third-order valence-corrected chi connectivity index (χ3v) is 6.65. The van der Waals surface area contributed by atoms with E-state index in [0.717, 1.165) is 51.9 Å². The maximum Gasteiger partial charge on any atom is 0.547 e. The van der Waals surface area contributed by atoms with Crippen LogP contribution >= 0.6 is 0 Å². The van der Waals surface area contributed by atoms with Gasteiger partial charge in [0.15, 0.2) is 0 Å². The number of benzene rings is 1. The number of carboxylic acid groups (broad SMARTS) is 1. The van der Waals surface area contributed by atoms with Gasteiger partial charge in [0.1, 0.15) is 5.75 Å². The number of carboxylic acids is 1. The standard InChI is InChI=1S/C21H30BN3O5/c26-19(12-14-4-6-16(7-5-14)25-10-8-23-9-11-25)24-18-13-15-2-1-3-17(21(27)28)20(15)30-22(18)29/h1-3,14,16,18,23,29H,4-13H2,(H,24,26)(H,27,28)/t14-,16-,18-/m0/s1. The third-order valence-electron chi connectivity index (χ3n) is 6.65. The van der Waals surface area contributed by atoms with Gasteiger partial charge in [-0.2, -0.15) is 0 Å². The van der Waals surface area contributed by atoms with Crippen LogP contribution in [0.5, 0.6) is 5.75 Å². The van der Waals surface area contributed by atoms with Gasteiger partial charge in [0.05, 0.1) is 11.5 Å². The van der Waals surface area contributed by atoms with Crippen molar-refractivity contribution in [3.8, 4) is 5.75 Å². The minimum absolute atomic E-state index is 0.0255. The van der Waals surface area contributed by atoms with Crippen molar-refractivity contribution in [2.45, 2.75) is 50.5 Å². The van der Waals surface area contributed by atoms with Crippen LogP contribution in [0.3, 0.4) is 0 Å². The number of piperazine rings is 1. The molecule has 1 aliphatic carbocycles. The number of carbonyl (C=O) groups excluding carboxylic acids is 1. The molecule has 1 amide bonds. The lowest BCUT2D eigenvalue weighted by atomic mass is 9.72. The van der Waals surface area contributed by atoms with Gasteiger partial charge in [-0.3, -0.25) is 9.69 Å². The zero-order valence-electron chi connectivity index (χ0n) is 17.2. The van der Waals surface area contributed by atoms with Crippen molar-refractivity contribution in [2.24, 2.45) is 5.92 Å². The molecule has 0 radical (unpaired) electrons. The van der Waals surface area contributed by atoms with Crippen LogP contribution < -0.4 is 15.3 Å². The Morgan fingerprint density at radius 2 is 1.93 bits per heavy atom. The third kappa shape index (κ3) is 4.79. The van der Waals surface area contributed by atoms with Crippen molar-refractivity contribution >= 4 is 19.0 Å². The molecule has 1 aromatic rings. The highest BCUT2D eigenvalue weighted by Gasteiger charge is 2.38. The molecule has 8 nitrogen and oxygen atoms in total. The van der Waals surface area contributed by atoms with Gasteiger partial charge in [-0.1, -0.05) is 12.1 Å². The first-order valence-corrected chi connectivity index (χ1v) is 11.0. The quantitative estimate of drug-likeness (QED) is 0.524. The Bertz CT molecular complexity index is 778. The molecule has 2 aliphatic heterocycles. The Balaban J connectivity index is 1.27. The second-order valence-electron chi connectivity index (χ2n) is 8.65. The molecule has 30 heavy (non-hydrogen) atoms. The molecule has 0 unspecified atom stereocenters. The Hall–Kier alpha value is -2.10. The summed E-state index contributed by atoms with van der Waals surface area (Å²) in [5.74, 6) is -1.19. The smallest absolute Gasteiger partial charge is 0.534 e. The highest BCUT2D eigenvalue weighted by molar-refractivity contribution is 6.47. The van der Waals surface area contributed by atoms with Crippen LogP contribution in [0.1, 0.15) is 48.0 Å². The van der Waals surface area contributed by atoms with E-state index in [2.05, 4.69) is 15.5 Å². The van der Waals surface area contributed by atoms with Gasteiger partial charge in [-0.05, 0) is 49.7 Å². The zero-order valence-corrected chi connectivity index (χ0v) is 17.2. The van der Waals surface area contributed by atoms with E-state index < -0.39 is 19.0 Å². The van der Waals surface area contributed by atoms with Crippen LogP contribution in [0, 0.1) is 5.92 Å². The molecule has 0 aromatic heterocycles. The molecule has 1 saturated heterocycles. The van der Waals surface area contributed by atoms with E-state index in [0.29, 0.717) is 30.4 Å². The Labute approximate surface area is 177 Å². The van der Waals surface area contributed by atoms with Crippen molar-refractivity contribution < 1.29 is 24.4 Å². The summed E-state index contributed by atoms with van der Waals surface area (Å²) in [6, 6.07) is 5.51. The summed E-state index contributed by atoms with van der Waals surface area (Å²) in [6.07, 6.45) is 5.18. The second kappa shape index (κ2) is 9.37. The second-order valence-corrected chi connectivity index (χ2v) is 8.65. The fourth-order valence-corrected chi connectivity index (χ4v) is 5.01. The van der Waals surface area contributed by atoms with Gasteiger partial charge in [0, 0.05) is 38.6 Å². The summed E-state index contributed by atoms with van der Waals surface area (Å²) >= 11 is 0. The molecule has 2 fully saturated rings. The van der Waals surface area contributed by atoms with Crippen LogP contribution in [-0.2, 0) is 11.2 Å². The summed E-state index contributed by atoms with van der Waals surface area (Å²) in [5, 5.41) is 25.9. The van der Waals surface area contributed by atoms with Gasteiger partial charge >= 0.3 is 13.1 Å². The fraction of sp³-hybridized carbons (Fsp3) is 0.619. The van der Waals surface area contributed by atoms with E-state index in [1.165, 1.54) is 6.07 Å². The molecule has 1 aromatic carbocycles. The maximum absolute atomic E-state index is 12.6. The number of hydrogen-bond donors (Lipinski definition) is 4. The number of fused-ring (bicyclic) bond motifs is 1. The average Bonchev–Trinajstić information content (AvgIpc) is 2.75. The van der Waals surface area contributed by atoms with Gasteiger partial charge < -0.3 is 25.4 Å². The minimum atomic E-state index is -1.26.